The number of aromatic nitrogens is 1. The molecule has 0 saturated carbocycles. The topological polar surface area (TPSA) is 93.7 Å². The Labute approximate surface area is 186 Å². The third kappa shape index (κ3) is 4.22. The van der Waals surface area contributed by atoms with E-state index in [9.17, 15) is 10.1 Å². The van der Waals surface area contributed by atoms with Gasteiger partial charge in [-0.3, -0.25) is 15.4 Å². The third-order valence-corrected chi connectivity index (χ3v) is 5.32. The molecule has 0 atom stereocenters. The summed E-state index contributed by atoms with van der Waals surface area (Å²) in [4.78, 5) is 17.3. The van der Waals surface area contributed by atoms with Crippen LogP contribution in [0.1, 0.15) is 26.3 Å². The Morgan fingerprint density at radius 1 is 1.25 bits per heavy atom. The van der Waals surface area contributed by atoms with Crippen LogP contribution in [0.15, 0.2) is 59.3 Å². The Hall–Kier alpha value is -3.65. The zero-order valence-corrected chi connectivity index (χ0v) is 18.6. The van der Waals surface area contributed by atoms with Crippen LogP contribution in [0.3, 0.4) is 0 Å². The van der Waals surface area contributed by atoms with Gasteiger partial charge in [-0.15, -0.1) is 0 Å². The van der Waals surface area contributed by atoms with E-state index in [0.29, 0.717) is 29.6 Å². The maximum absolute atomic E-state index is 11.1. The van der Waals surface area contributed by atoms with Crippen LogP contribution in [0.5, 0.6) is 5.75 Å². The highest BCUT2D eigenvalue weighted by atomic mass is 16.6. The summed E-state index contributed by atoms with van der Waals surface area (Å²) in [6.45, 7) is 7.92. The first-order valence-corrected chi connectivity index (χ1v) is 10.4. The summed E-state index contributed by atoms with van der Waals surface area (Å²) in [5.74, 6) is 1.54. The third-order valence-electron chi connectivity index (χ3n) is 5.32. The predicted octanol–water partition coefficient (Wildman–Crippen LogP) is 5.10. The first-order chi connectivity index (χ1) is 15.3. The number of rotatable bonds is 5. The smallest absolute Gasteiger partial charge is 0.270 e. The highest BCUT2D eigenvalue weighted by Crippen LogP contribution is 2.43. The van der Waals surface area contributed by atoms with Crippen molar-refractivity contribution in [3.05, 3.63) is 70.5 Å². The summed E-state index contributed by atoms with van der Waals surface area (Å²) in [7, 11) is 1.64. The van der Waals surface area contributed by atoms with Crippen molar-refractivity contribution in [2.24, 2.45) is 0 Å². The van der Waals surface area contributed by atoms with E-state index in [-0.39, 0.29) is 11.1 Å². The van der Waals surface area contributed by atoms with Crippen molar-refractivity contribution in [3.63, 3.8) is 0 Å². The number of nitro groups is 1. The molecule has 0 amide bonds. The lowest BCUT2D eigenvalue weighted by Crippen LogP contribution is -2.34. The SMILES string of the molecule is COc1c(-c2ncc(-c3cccc([N+](=O)[O-])c3)o2)cc(N2C=CCNC2)cc1C(C)(C)C. The Morgan fingerprint density at radius 2 is 2.06 bits per heavy atom. The Balaban J connectivity index is 1.84. The molecule has 1 aliphatic heterocycles. The molecule has 1 N–H and O–H groups in total. The number of anilines is 1. The number of nitro benzene ring substituents is 1. The van der Waals surface area contributed by atoms with Crippen LogP contribution in [0.2, 0.25) is 0 Å². The lowest BCUT2D eigenvalue weighted by atomic mass is 9.84. The van der Waals surface area contributed by atoms with Gasteiger partial charge in [0.2, 0.25) is 5.89 Å². The number of nitrogens with zero attached hydrogens (tertiary/aromatic N) is 3. The molecule has 166 valence electrons. The lowest BCUT2D eigenvalue weighted by molar-refractivity contribution is -0.384. The Morgan fingerprint density at radius 3 is 2.72 bits per heavy atom. The average Bonchev–Trinajstić information content (AvgIpc) is 3.28. The molecule has 3 aromatic rings. The minimum Gasteiger partial charge on any atom is -0.496 e. The van der Waals surface area contributed by atoms with E-state index in [1.165, 1.54) is 12.1 Å². The van der Waals surface area contributed by atoms with E-state index in [4.69, 9.17) is 9.15 Å². The second-order valence-electron chi connectivity index (χ2n) is 8.63. The van der Waals surface area contributed by atoms with Crippen molar-refractivity contribution in [2.75, 3.05) is 25.2 Å². The van der Waals surface area contributed by atoms with Crippen molar-refractivity contribution < 1.29 is 14.1 Å². The van der Waals surface area contributed by atoms with Crippen LogP contribution in [0.4, 0.5) is 11.4 Å². The van der Waals surface area contributed by atoms with Gasteiger partial charge in [-0.05, 0) is 17.5 Å². The summed E-state index contributed by atoms with van der Waals surface area (Å²) in [5, 5.41) is 14.5. The molecule has 8 nitrogen and oxygen atoms in total. The summed E-state index contributed by atoms with van der Waals surface area (Å²) in [5.41, 5.74) is 3.15. The fourth-order valence-electron chi connectivity index (χ4n) is 3.70. The largest absolute Gasteiger partial charge is 0.496 e. The first-order valence-electron chi connectivity index (χ1n) is 10.4. The number of hydrogen-bond donors (Lipinski definition) is 1. The lowest BCUT2D eigenvalue weighted by Gasteiger charge is -2.29. The van der Waals surface area contributed by atoms with Gasteiger partial charge in [0.15, 0.2) is 5.76 Å². The van der Waals surface area contributed by atoms with E-state index in [2.05, 4.69) is 54.3 Å². The molecule has 2 heterocycles. The number of nitrogens with one attached hydrogen (secondary N) is 1. The Kier molecular flexibility index (Phi) is 5.71. The van der Waals surface area contributed by atoms with Crippen LogP contribution in [0, 0.1) is 10.1 Å². The number of hydrogen-bond acceptors (Lipinski definition) is 7. The van der Waals surface area contributed by atoms with Crippen molar-refractivity contribution in [1.29, 1.82) is 0 Å². The van der Waals surface area contributed by atoms with Gasteiger partial charge in [0.1, 0.15) is 5.75 Å². The molecular formula is C24H26N4O4. The van der Waals surface area contributed by atoms with Crippen molar-refractivity contribution in [2.45, 2.75) is 26.2 Å². The fraction of sp³-hybridized carbons (Fsp3) is 0.292. The summed E-state index contributed by atoms with van der Waals surface area (Å²) >= 11 is 0. The minimum absolute atomic E-state index is 0.000526. The number of methoxy groups -OCH3 is 1. The molecule has 0 bridgehead atoms. The molecule has 0 saturated heterocycles. The predicted molar refractivity (Wildman–Crippen MR) is 124 cm³/mol. The van der Waals surface area contributed by atoms with Gasteiger partial charge in [0, 0.05) is 41.7 Å². The first kappa shape index (κ1) is 21.6. The summed E-state index contributed by atoms with van der Waals surface area (Å²) in [6, 6.07) is 10.4. The normalized spacial score (nSPS) is 13.9. The highest BCUT2D eigenvalue weighted by molar-refractivity contribution is 5.75. The van der Waals surface area contributed by atoms with E-state index in [0.717, 1.165) is 23.4 Å². The molecule has 4 rings (SSSR count). The average molecular weight is 434 g/mol. The van der Waals surface area contributed by atoms with Crippen molar-refractivity contribution >= 4 is 11.4 Å². The molecule has 0 aliphatic carbocycles. The maximum atomic E-state index is 11.1. The number of non-ortho nitro benzene ring substituents is 1. The quantitative estimate of drug-likeness (QED) is 0.441. The molecule has 0 radical (unpaired) electrons. The van der Waals surface area contributed by atoms with Crippen LogP contribution >= 0.6 is 0 Å². The van der Waals surface area contributed by atoms with E-state index < -0.39 is 4.92 Å². The molecule has 1 aliphatic rings. The Bertz CT molecular complexity index is 1180. The van der Waals surface area contributed by atoms with Crippen molar-refractivity contribution in [3.8, 4) is 28.5 Å². The van der Waals surface area contributed by atoms with Gasteiger partial charge in [0.05, 0.1) is 30.5 Å². The molecule has 0 fully saturated rings. The molecule has 1 aromatic heterocycles. The zero-order valence-electron chi connectivity index (χ0n) is 18.6. The maximum Gasteiger partial charge on any atom is 0.270 e. The minimum atomic E-state index is -0.428. The van der Waals surface area contributed by atoms with Crippen molar-refractivity contribution in [1.82, 2.24) is 10.3 Å². The second-order valence-corrected chi connectivity index (χ2v) is 8.63. The zero-order chi connectivity index (χ0) is 22.9. The van der Waals surface area contributed by atoms with Gasteiger partial charge in [-0.1, -0.05) is 39.0 Å². The van der Waals surface area contributed by atoms with Crippen LogP contribution in [0.25, 0.3) is 22.8 Å². The summed E-state index contributed by atoms with van der Waals surface area (Å²) in [6.07, 6.45) is 5.70. The van der Waals surface area contributed by atoms with E-state index in [1.54, 1.807) is 25.4 Å². The number of oxazole rings is 1. The van der Waals surface area contributed by atoms with Gasteiger partial charge < -0.3 is 14.1 Å². The standard InChI is InChI=1S/C24H26N4O4/c1-24(2,3)20-13-18(27-10-6-9-25-15-27)12-19(22(20)31-4)23-26-14-21(32-23)16-7-5-8-17(11-16)28(29)30/h5-8,10-14,25H,9,15H2,1-4H3. The molecule has 8 heteroatoms. The number of benzene rings is 2. The van der Waals surface area contributed by atoms with Gasteiger partial charge in [0.25, 0.3) is 5.69 Å². The van der Waals surface area contributed by atoms with Crippen LogP contribution in [-0.4, -0.2) is 30.2 Å². The van der Waals surface area contributed by atoms with Crippen LogP contribution < -0.4 is 15.0 Å². The monoisotopic (exact) mass is 434 g/mol. The summed E-state index contributed by atoms with van der Waals surface area (Å²) < 4.78 is 11.9. The van der Waals surface area contributed by atoms with Gasteiger partial charge in [-0.2, -0.15) is 0 Å². The van der Waals surface area contributed by atoms with Gasteiger partial charge >= 0.3 is 0 Å². The molecule has 2 aromatic carbocycles. The van der Waals surface area contributed by atoms with E-state index in [1.807, 2.05) is 6.07 Å². The second kappa shape index (κ2) is 8.47. The molecule has 0 unspecified atom stereocenters. The molecule has 32 heavy (non-hydrogen) atoms. The van der Waals surface area contributed by atoms with E-state index >= 15 is 0 Å². The molecular weight excluding hydrogens is 408 g/mol. The van der Waals surface area contributed by atoms with Crippen LogP contribution in [-0.2, 0) is 5.41 Å². The highest BCUT2D eigenvalue weighted by Gasteiger charge is 2.26. The number of ether oxygens (including phenoxy) is 1. The van der Waals surface area contributed by atoms with Gasteiger partial charge in [-0.25, -0.2) is 4.98 Å². The fourth-order valence-corrected chi connectivity index (χ4v) is 3.70. The molecule has 0 spiro atoms.